The Kier molecular flexibility index (Phi) is 8.75. The minimum absolute atomic E-state index is 1.10. The average molecular weight is 845 g/mol. The Morgan fingerprint density at radius 2 is 0.862 bits per heavy atom. The predicted octanol–water partition coefficient (Wildman–Crippen LogP) is 17.9. The van der Waals surface area contributed by atoms with Crippen molar-refractivity contribution < 1.29 is 0 Å². The monoisotopic (exact) mass is 844 g/mol. The minimum atomic E-state index is 1.10. The molecule has 0 aliphatic rings. The van der Waals surface area contributed by atoms with E-state index < -0.39 is 0 Å². The van der Waals surface area contributed by atoms with E-state index in [2.05, 4.69) is 252 Å². The Morgan fingerprint density at radius 1 is 0.323 bits per heavy atom. The van der Waals surface area contributed by atoms with Crippen LogP contribution in [0, 0.1) is 0 Å². The first kappa shape index (κ1) is 37.3. The third-order valence-corrected chi connectivity index (χ3v) is 14.4. The van der Waals surface area contributed by atoms with E-state index in [0.717, 1.165) is 22.7 Å². The molecule has 304 valence electrons. The number of thiophene rings is 1. The molecule has 0 bridgehead atoms. The molecule has 13 rings (SSSR count). The van der Waals surface area contributed by atoms with Gasteiger partial charge in [-0.15, -0.1) is 11.3 Å². The van der Waals surface area contributed by atoms with Crippen LogP contribution in [0.2, 0.25) is 0 Å². The van der Waals surface area contributed by atoms with Crippen LogP contribution in [0.25, 0.3) is 103 Å². The van der Waals surface area contributed by atoms with Gasteiger partial charge in [0.25, 0.3) is 0 Å². The van der Waals surface area contributed by atoms with Crippen LogP contribution in [0.5, 0.6) is 0 Å². The standard InChI is InChI=1S/C62H40N2S/c1-3-14-42(15-4-1)51-22-11-18-45-19-12-23-52(61(45)51)44-30-32-47(33-31-44)63(50-36-37-56-57-25-13-24-53(43-16-5-2-6-17-43)62(57)65-60(56)40-50)48-34-28-41-29-35-49(39-46(41)38-48)64-58-26-9-7-20-54(58)55-21-8-10-27-59(55)64/h1-40H. The summed E-state index contributed by atoms with van der Waals surface area (Å²) in [4.78, 5) is 2.43. The maximum atomic E-state index is 2.43. The molecule has 0 saturated carbocycles. The quantitative estimate of drug-likeness (QED) is 0.155. The maximum Gasteiger partial charge on any atom is 0.0541 e. The van der Waals surface area contributed by atoms with Gasteiger partial charge in [-0.3, -0.25) is 0 Å². The predicted molar refractivity (Wildman–Crippen MR) is 280 cm³/mol. The summed E-state index contributed by atoms with van der Waals surface area (Å²) in [5.41, 5.74) is 14.3. The molecule has 0 spiro atoms. The van der Waals surface area contributed by atoms with Crippen LogP contribution in [0.15, 0.2) is 243 Å². The highest BCUT2D eigenvalue weighted by molar-refractivity contribution is 7.26. The number of rotatable bonds is 7. The Bertz CT molecular complexity index is 3880. The van der Waals surface area contributed by atoms with Crippen LogP contribution in [-0.2, 0) is 0 Å². The van der Waals surface area contributed by atoms with Crippen molar-refractivity contribution in [1.82, 2.24) is 4.57 Å². The van der Waals surface area contributed by atoms with Gasteiger partial charge >= 0.3 is 0 Å². The van der Waals surface area contributed by atoms with E-state index in [1.807, 2.05) is 11.3 Å². The number of anilines is 3. The first-order valence-electron chi connectivity index (χ1n) is 22.2. The Morgan fingerprint density at radius 3 is 1.57 bits per heavy atom. The molecule has 0 saturated heterocycles. The summed E-state index contributed by atoms with van der Waals surface area (Å²) in [6, 6.07) is 88.9. The first-order chi connectivity index (χ1) is 32.2. The van der Waals surface area contributed by atoms with Gasteiger partial charge in [-0.2, -0.15) is 0 Å². The lowest BCUT2D eigenvalue weighted by Gasteiger charge is -2.26. The van der Waals surface area contributed by atoms with Gasteiger partial charge in [0, 0.05) is 53.7 Å². The van der Waals surface area contributed by atoms with Crippen LogP contribution in [-0.4, -0.2) is 4.57 Å². The van der Waals surface area contributed by atoms with Gasteiger partial charge in [0.2, 0.25) is 0 Å². The van der Waals surface area contributed by atoms with Crippen molar-refractivity contribution in [2.75, 3.05) is 4.90 Å². The number of benzene rings is 11. The van der Waals surface area contributed by atoms with Crippen molar-refractivity contribution in [3.63, 3.8) is 0 Å². The fourth-order valence-corrected chi connectivity index (χ4v) is 11.4. The van der Waals surface area contributed by atoms with Gasteiger partial charge in [0.05, 0.1) is 11.0 Å². The summed E-state index contributed by atoms with van der Waals surface area (Å²) in [5.74, 6) is 0. The number of hydrogen-bond donors (Lipinski definition) is 0. The topological polar surface area (TPSA) is 8.17 Å². The third kappa shape index (κ3) is 6.24. The second kappa shape index (κ2) is 15.2. The SMILES string of the molecule is c1ccc(-c2cccc3c2sc2cc(N(c4ccc(-c5cccc6cccc(-c7ccccc7)c56)cc4)c4ccc5ccc(-n6c7ccccc7c7ccccc76)cc5c4)ccc23)cc1. The van der Waals surface area contributed by atoms with Crippen LogP contribution in [0.3, 0.4) is 0 Å². The molecule has 13 aromatic rings. The van der Waals surface area contributed by atoms with Crippen molar-refractivity contribution in [3.05, 3.63) is 243 Å². The lowest BCUT2D eigenvalue weighted by Crippen LogP contribution is -2.09. The first-order valence-corrected chi connectivity index (χ1v) is 23.1. The molecule has 2 aromatic heterocycles. The zero-order valence-electron chi connectivity index (χ0n) is 35.4. The second-order valence-electron chi connectivity index (χ2n) is 16.9. The molecule has 0 aliphatic heterocycles. The fraction of sp³-hybridized carbons (Fsp3) is 0. The van der Waals surface area contributed by atoms with Crippen LogP contribution in [0.1, 0.15) is 0 Å². The molecule has 0 radical (unpaired) electrons. The summed E-state index contributed by atoms with van der Waals surface area (Å²) in [7, 11) is 0. The van der Waals surface area contributed by atoms with Crippen molar-refractivity contribution in [2.45, 2.75) is 0 Å². The Balaban J connectivity index is 0.979. The van der Waals surface area contributed by atoms with Crippen LogP contribution < -0.4 is 4.90 Å². The summed E-state index contributed by atoms with van der Waals surface area (Å²) in [6.07, 6.45) is 0. The highest BCUT2D eigenvalue weighted by atomic mass is 32.1. The number of para-hydroxylation sites is 2. The van der Waals surface area contributed by atoms with Gasteiger partial charge in [0.15, 0.2) is 0 Å². The molecule has 3 heteroatoms. The van der Waals surface area contributed by atoms with Crippen molar-refractivity contribution in [3.8, 4) is 39.1 Å². The smallest absolute Gasteiger partial charge is 0.0541 e. The van der Waals surface area contributed by atoms with Crippen molar-refractivity contribution in [1.29, 1.82) is 0 Å². The molecule has 65 heavy (non-hydrogen) atoms. The molecule has 2 heterocycles. The molecule has 0 atom stereocenters. The van der Waals surface area contributed by atoms with E-state index in [9.17, 15) is 0 Å². The van der Waals surface area contributed by atoms with Gasteiger partial charge in [-0.25, -0.2) is 0 Å². The van der Waals surface area contributed by atoms with Gasteiger partial charge in [-0.05, 0) is 116 Å². The van der Waals surface area contributed by atoms with Gasteiger partial charge in [0.1, 0.15) is 0 Å². The molecule has 2 nitrogen and oxygen atoms in total. The second-order valence-corrected chi connectivity index (χ2v) is 17.9. The van der Waals surface area contributed by atoms with Crippen LogP contribution >= 0.6 is 11.3 Å². The summed E-state index contributed by atoms with van der Waals surface area (Å²) < 4.78 is 4.99. The molecule has 11 aromatic carbocycles. The molecule has 0 aliphatic carbocycles. The van der Waals surface area contributed by atoms with E-state index in [0.29, 0.717) is 0 Å². The Hall–Kier alpha value is -8.24. The third-order valence-electron chi connectivity index (χ3n) is 13.2. The summed E-state index contributed by atoms with van der Waals surface area (Å²) in [6.45, 7) is 0. The number of nitrogens with zero attached hydrogens (tertiary/aromatic N) is 2. The van der Waals surface area contributed by atoms with Gasteiger partial charge in [-0.1, -0.05) is 182 Å². The van der Waals surface area contributed by atoms with E-state index in [1.165, 1.54) is 96.9 Å². The molecular formula is C62H40N2S. The molecule has 0 unspecified atom stereocenters. The molecule has 0 amide bonds. The van der Waals surface area contributed by atoms with Crippen molar-refractivity contribution in [2.24, 2.45) is 0 Å². The number of hydrogen-bond acceptors (Lipinski definition) is 2. The minimum Gasteiger partial charge on any atom is -0.310 e. The zero-order valence-corrected chi connectivity index (χ0v) is 36.2. The summed E-state index contributed by atoms with van der Waals surface area (Å²) in [5, 5.41) is 9.99. The fourth-order valence-electron chi connectivity index (χ4n) is 10.1. The molecule has 0 N–H and O–H groups in total. The summed E-state index contributed by atoms with van der Waals surface area (Å²) >= 11 is 1.88. The van der Waals surface area contributed by atoms with Gasteiger partial charge < -0.3 is 9.47 Å². The van der Waals surface area contributed by atoms with Crippen molar-refractivity contribution >= 4 is 91.9 Å². The van der Waals surface area contributed by atoms with E-state index in [1.54, 1.807) is 0 Å². The Labute approximate surface area is 381 Å². The highest BCUT2D eigenvalue weighted by Crippen LogP contribution is 2.45. The largest absolute Gasteiger partial charge is 0.310 e. The van der Waals surface area contributed by atoms with Crippen LogP contribution in [0.4, 0.5) is 17.1 Å². The maximum absolute atomic E-state index is 2.43. The average Bonchev–Trinajstić information content (AvgIpc) is 3.92. The zero-order chi connectivity index (χ0) is 42.8. The van der Waals surface area contributed by atoms with E-state index in [-0.39, 0.29) is 0 Å². The number of aromatic nitrogens is 1. The molecule has 0 fully saturated rings. The number of fused-ring (bicyclic) bond motifs is 8. The lowest BCUT2D eigenvalue weighted by molar-refractivity contribution is 1.19. The molecular weight excluding hydrogens is 805 g/mol. The van der Waals surface area contributed by atoms with E-state index in [4.69, 9.17) is 0 Å². The normalized spacial score (nSPS) is 11.7. The van der Waals surface area contributed by atoms with E-state index >= 15 is 0 Å². The highest BCUT2D eigenvalue weighted by Gasteiger charge is 2.19. The lowest BCUT2D eigenvalue weighted by atomic mass is 9.91.